The molecule has 0 atom stereocenters. The van der Waals surface area contributed by atoms with Gasteiger partial charge in [0.05, 0.1) is 23.9 Å². The number of aryl methyl sites for hydroxylation is 1. The summed E-state index contributed by atoms with van der Waals surface area (Å²) in [7, 11) is 0. The number of anilines is 1. The van der Waals surface area contributed by atoms with Gasteiger partial charge >= 0.3 is 0 Å². The van der Waals surface area contributed by atoms with Crippen LogP contribution in [-0.4, -0.2) is 48.1 Å². The summed E-state index contributed by atoms with van der Waals surface area (Å²) in [5.74, 6) is -0.515. The zero-order valence-electron chi connectivity index (χ0n) is 15.6. The largest absolute Gasteiger partial charge is 0.378 e. The summed E-state index contributed by atoms with van der Waals surface area (Å²) >= 11 is 17.5. The summed E-state index contributed by atoms with van der Waals surface area (Å²) in [6, 6.07) is 9.87. The molecule has 1 aliphatic heterocycles. The quantitative estimate of drug-likeness (QED) is 0.692. The van der Waals surface area contributed by atoms with Crippen molar-refractivity contribution in [2.24, 2.45) is 0 Å². The smallest absolute Gasteiger partial charge is 0.257 e. The van der Waals surface area contributed by atoms with Crippen molar-refractivity contribution in [2.45, 2.75) is 6.92 Å². The van der Waals surface area contributed by atoms with E-state index in [-0.39, 0.29) is 11.0 Å². The Morgan fingerprint density at radius 1 is 1.03 bits per heavy atom. The molecule has 0 aromatic heterocycles. The van der Waals surface area contributed by atoms with E-state index >= 15 is 0 Å². The summed E-state index contributed by atoms with van der Waals surface area (Å²) in [6.07, 6.45) is 0. The highest BCUT2D eigenvalue weighted by Crippen LogP contribution is 2.24. The van der Waals surface area contributed by atoms with Gasteiger partial charge in [-0.25, -0.2) is 0 Å². The van der Waals surface area contributed by atoms with Gasteiger partial charge in [0, 0.05) is 29.2 Å². The lowest BCUT2D eigenvalue weighted by molar-refractivity contribution is 0.0303. The average molecular weight is 452 g/mol. The first kappa shape index (κ1) is 21.5. The van der Waals surface area contributed by atoms with Gasteiger partial charge in [0.2, 0.25) is 0 Å². The Bertz CT molecular complexity index is 962. The van der Waals surface area contributed by atoms with Crippen LogP contribution >= 0.6 is 35.4 Å². The number of nitrogens with zero attached hydrogens (tertiary/aromatic N) is 1. The number of morpholine rings is 1. The molecule has 2 amide bonds. The van der Waals surface area contributed by atoms with Crippen molar-refractivity contribution in [3.63, 3.8) is 0 Å². The second kappa shape index (κ2) is 9.54. The molecule has 1 fully saturated rings. The maximum atomic E-state index is 12.7. The molecule has 9 heteroatoms. The molecule has 0 bridgehead atoms. The monoisotopic (exact) mass is 451 g/mol. The second-order valence-electron chi connectivity index (χ2n) is 6.47. The standard InChI is InChI=1S/C20H19Cl2N3O3S/c1-12-2-3-13(10-16(12)22)18(26)24-20(29)23-17-11-14(4-5-15(17)21)19(27)25-6-8-28-9-7-25/h2-5,10-11H,6-9H2,1H3,(H2,23,24,26,29). The van der Waals surface area contributed by atoms with Crippen LogP contribution in [0.1, 0.15) is 26.3 Å². The number of benzene rings is 2. The number of ether oxygens (including phenoxy) is 1. The van der Waals surface area contributed by atoms with E-state index in [1.807, 2.05) is 6.92 Å². The van der Waals surface area contributed by atoms with Crippen molar-refractivity contribution in [3.8, 4) is 0 Å². The molecular weight excluding hydrogens is 433 g/mol. The minimum absolute atomic E-state index is 0.0598. The second-order valence-corrected chi connectivity index (χ2v) is 7.69. The van der Waals surface area contributed by atoms with Crippen molar-refractivity contribution in [1.82, 2.24) is 10.2 Å². The van der Waals surface area contributed by atoms with Gasteiger partial charge in [0.1, 0.15) is 0 Å². The Balaban J connectivity index is 1.68. The fourth-order valence-electron chi connectivity index (χ4n) is 2.77. The van der Waals surface area contributed by atoms with Gasteiger partial charge in [-0.3, -0.25) is 14.9 Å². The maximum absolute atomic E-state index is 12.7. The van der Waals surface area contributed by atoms with Crippen molar-refractivity contribution < 1.29 is 14.3 Å². The summed E-state index contributed by atoms with van der Waals surface area (Å²) in [6.45, 7) is 3.96. The van der Waals surface area contributed by atoms with E-state index in [0.29, 0.717) is 53.2 Å². The number of rotatable bonds is 3. The van der Waals surface area contributed by atoms with Crippen LogP contribution in [0.3, 0.4) is 0 Å². The molecule has 0 saturated carbocycles. The minimum atomic E-state index is -0.402. The van der Waals surface area contributed by atoms with Gasteiger partial charge in [0.25, 0.3) is 11.8 Å². The molecule has 2 aromatic rings. The Kier molecular flexibility index (Phi) is 7.08. The lowest BCUT2D eigenvalue weighted by Gasteiger charge is -2.27. The van der Waals surface area contributed by atoms with Gasteiger partial charge in [-0.1, -0.05) is 29.3 Å². The minimum Gasteiger partial charge on any atom is -0.378 e. The van der Waals surface area contributed by atoms with E-state index in [9.17, 15) is 9.59 Å². The van der Waals surface area contributed by atoms with Gasteiger partial charge in [-0.05, 0) is 55.0 Å². The number of carbonyl (C=O) groups is 2. The molecule has 29 heavy (non-hydrogen) atoms. The molecule has 1 saturated heterocycles. The number of amides is 2. The summed E-state index contributed by atoms with van der Waals surface area (Å²) in [4.78, 5) is 26.7. The van der Waals surface area contributed by atoms with Crippen molar-refractivity contribution >= 4 is 58.0 Å². The third-order valence-electron chi connectivity index (χ3n) is 4.42. The van der Waals surface area contributed by atoms with Crippen molar-refractivity contribution in [1.29, 1.82) is 0 Å². The highest BCUT2D eigenvalue weighted by molar-refractivity contribution is 7.80. The fourth-order valence-corrected chi connectivity index (χ4v) is 3.31. The van der Waals surface area contributed by atoms with Crippen molar-refractivity contribution in [2.75, 3.05) is 31.6 Å². The maximum Gasteiger partial charge on any atom is 0.257 e. The van der Waals surface area contributed by atoms with Gasteiger partial charge in [-0.2, -0.15) is 0 Å². The fraction of sp³-hybridized carbons (Fsp3) is 0.250. The van der Waals surface area contributed by atoms with Crippen molar-refractivity contribution in [3.05, 3.63) is 63.1 Å². The molecule has 6 nitrogen and oxygen atoms in total. The average Bonchev–Trinajstić information content (AvgIpc) is 2.71. The van der Waals surface area contributed by atoms with Crippen LogP contribution < -0.4 is 10.6 Å². The third-order valence-corrected chi connectivity index (χ3v) is 5.36. The van der Waals surface area contributed by atoms with Gasteiger partial charge in [0.15, 0.2) is 5.11 Å². The van der Waals surface area contributed by atoms with Crippen LogP contribution in [0.4, 0.5) is 5.69 Å². The van der Waals surface area contributed by atoms with E-state index in [2.05, 4.69) is 10.6 Å². The van der Waals surface area contributed by atoms with Crippen LogP contribution in [0, 0.1) is 6.92 Å². The lowest BCUT2D eigenvalue weighted by Crippen LogP contribution is -2.40. The number of thiocarbonyl (C=S) groups is 1. The highest BCUT2D eigenvalue weighted by atomic mass is 35.5. The molecule has 152 valence electrons. The lowest BCUT2D eigenvalue weighted by atomic mass is 10.1. The van der Waals surface area contributed by atoms with E-state index in [4.69, 9.17) is 40.2 Å². The predicted molar refractivity (Wildman–Crippen MR) is 118 cm³/mol. The first-order valence-electron chi connectivity index (χ1n) is 8.90. The van der Waals surface area contributed by atoms with Crippen LogP contribution in [0.25, 0.3) is 0 Å². The molecule has 1 heterocycles. The number of hydrogen-bond donors (Lipinski definition) is 2. The number of halogens is 2. The van der Waals surface area contributed by atoms with Crippen LogP contribution in [0.5, 0.6) is 0 Å². The molecule has 0 radical (unpaired) electrons. The molecule has 1 aliphatic rings. The zero-order chi connectivity index (χ0) is 21.0. The topological polar surface area (TPSA) is 70.7 Å². The first-order valence-corrected chi connectivity index (χ1v) is 10.1. The normalized spacial score (nSPS) is 13.7. The third kappa shape index (κ3) is 5.45. The molecule has 0 aliphatic carbocycles. The van der Waals surface area contributed by atoms with Gasteiger partial charge in [-0.15, -0.1) is 0 Å². The number of carbonyl (C=O) groups excluding carboxylic acids is 2. The van der Waals surface area contributed by atoms with Crippen LogP contribution in [0.15, 0.2) is 36.4 Å². The Hall–Kier alpha value is -2.19. The van der Waals surface area contributed by atoms with E-state index < -0.39 is 5.91 Å². The number of hydrogen-bond acceptors (Lipinski definition) is 4. The molecule has 0 unspecified atom stereocenters. The molecule has 0 spiro atoms. The highest BCUT2D eigenvalue weighted by Gasteiger charge is 2.19. The van der Waals surface area contributed by atoms with Gasteiger partial charge < -0.3 is 15.0 Å². The molecule has 3 rings (SSSR count). The predicted octanol–water partition coefficient (Wildman–Crippen LogP) is 3.90. The summed E-state index contributed by atoms with van der Waals surface area (Å²) in [5, 5.41) is 6.38. The molecule has 2 aromatic carbocycles. The SMILES string of the molecule is Cc1ccc(C(=O)NC(=S)Nc2cc(C(=O)N3CCOCC3)ccc2Cl)cc1Cl. The Labute approximate surface area is 184 Å². The van der Waals surface area contributed by atoms with E-state index in [1.54, 1.807) is 41.3 Å². The van der Waals surface area contributed by atoms with Crippen LogP contribution in [-0.2, 0) is 4.74 Å². The van der Waals surface area contributed by atoms with E-state index in [1.165, 1.54) is 0 Å². The summed E-state index contributed by atoms with van der Waals surface area (Å²) < 4.78 is 5.28. The number of nitrogens with one attached hydrogen (secondary N) is 2. The molecule has 2 N–H and O–H groups in total. The van der Waals surface area contributed by atoms with Crippen LogP contribution in [0.2, 0.25) is 10.0 Å². The molecular formula is C20H19Cl2N3O3S. The Morgan fingerprint density at radius 3 is 2.41 bits per heavy atom. The van der Waals surface area contributed by atoms with E-state index in [0.717, 1.165) is 5.56 Å². The first-order chi connectivity index (χ1) is 13.8. The Morgan fingerprint density at radius 2 is 1.72 bits per heavy atom. The summed E-state index contributed by atoms with van der Waals surface area (Å²) in [5.41, 5.74) is 2.15. The zero-order valence-corrected chi connectivity index (χ0v) is 18.0.